The fourth-order valence-electron chi connectivity index (χ4n) is 2.74. The molecule has 29 heavy (non-hydrogen) atoms. The van der Waals surface area contributed by atoms with Gasteiger partial charge in [0, 0.05) is 6.54 Å². The zero-order valence-corrected chi connectivity index (χ0v) is 18.5. The van der Waals surface area contributed by atoms with Crippen LogP contribution in [0.3, 0.4) is 0 Å². The number of benzene rings is 1. The second kappa shape index (κ2) is 10.9. The number of rotatable bonds is 8. The minimum absolute atomic E-state index is 0.157. The van der Waals surface area contributed by atoms with Gasteiger partial charge in [0.15, 0.2) is 5.96 Å². The smallest absolute Gasteiger partial charge is 0.350 e. The highest BCUT2D eigenvalue weighted by Gasteiger charge is 2.20. The number of aromatic nitrogens is 1. The molecule has 7 nitrogen and oxygen atoms in total. The van der Waals surface area contributed by atoms with E-state index in [1.165, 1.54) is 11.3 Å². The summed E-state index contributed by atoms with van der Waals surface area (Å²) in [6.07, 6.45) is -0.682. The number of aryl methyl sites for hydroxylation is 2. The monoisotopic (exact) mass is 418 g/mol. The number of nitrogens with one attached hydrogen (secondary N) is 2. The zero-order chi connectivity index (χ0) is 21.4. The first kappa shape index (κ1) is 22.8. The molecule has 1 heterocycles. The summed E-state index contributed by atoms with van der Waals surface area (Å²) in [5.74, 6) is 0.236. The number of hydrogen-bond acceptors (Lipinski definition) is 6. The standard InChI is InChI=1S/C21H30N4O3S/c1-6-22-21(23-12-17(26)16-10-8-9-13(3)11-16)25-15(5)19-24-14(4)18(29-19)20(27)28-7-2/h8-11,15,17,26H,6-7,12H2,1-5H3,(H2,22,23,25). The summed E-state index contributed by atoms with van der Waals surface area (Å²) >= 11 is 1.32. The summed E-state index contributed by atoms with van der Waals surface area (Å²) in [5.41, 5.74) is 2.60. The zero-order valence-electron chi connectivity index (χ0n) is 17.7. The van der Waals surface area contributed by atoms with E-state index in [4.69, 9.17) is 4.74 Å². The summed E-state index contributed by atoms with van der Waals surface area (Å²) in [6, 6.07) is 7.61. The van der Waals surface area contributed by atoms with Crippen LogP contribution in [0.4, 0.5) is 0 Å². The van der Waals surface area contributed by atoms with Crippen LogP contribution in [0.15, 0.2) is 29.3 Å². The third-order valence-corrected chi connectivity index (χ3v) is 5.51. The lowest BCUT2D eigenvalue weighted by atomic mass is 10.1. The van der Waals surface area contributed by atoms with Gasteiger partial charge in [-0.2, -0.15) is 0 Å². The molecule has 0 bridgehead atoms. The minimum atomic E-state index is -0.682. The molecule has 1 aromatic heterocycles. The number of aliphatic hydroxyl groups excluding tert-OH is 1. The first-order valence-electron chi connectivity index (χ1n) is 9.79. The van der Waals surface area contributed by atoms with Crippen LogP contribution in [0, 0.1) is 13.8 Å². The topological polar surface area (TPSA) is 95.8 Å². The van der Waals surface area contributed by atoms with Crippen molar-refractivity contribution in [3.63, 3.8) is 0 Å². The number of guanidine groups is 1. The van der Waals surface area contributed by atoms with Gasteiger partial charge >= 0.3 is 5.97 Å². The Hall–Kier alpha value is -2.45. The van der Waals surface area contributed by atoms with Crippen LogP contribution in [0.1, 0.15) is 64.4 Å². The molecule has 2 unspecified atom stereocenters. The number of nitrogens with zero attached hydrogens (tertiary/aromatic N) is 2. The van der Waals surface area contributed by atoms with Crippen molar-refractivity contribution in [2.24, 2.45) is 4.99 Å². The maximum atomic E-state index is 12.0. The summed E-state index contributed by atoms with van der Waals surface area (Å²) in [4.78, 5) is 21.6. The Morgan fingerprint density at radius 1 is 1.34 bits per heavy atom. The molecule has 0 amide bonds. The lowest BCUT2D eigenvalue weighted by molar-refractivity contribution is 0.0531. The van der Waals surface area contributed by atoms with E-state index in [1.54, 1.807) is 13.8 Å². The van der Waals surface area contributed by atoms with Crippen molar-refractivity contribution >= 4 is 23.3 Å². The van der Waals surface area contributed by atoms with Crippen molar-refractivity contribution in [2.45, 2.75) is 46.8 Å². The lowest BCUT2D eigenvalue weighted by Gasteiger charge is -2.17. The van der Waals surface area contributed by atoms with Crippen molar-refractivity contribution in [1.82, 2.24) is 15.6 Å². The van der Waals surface area contributed by atoms with Crippen LogP contribution < -0.4 is 10.6 Å². The minimum Gasteiger partial charge on any atom is -0.462 e. The van der Waals surface area contributed by atoms with Crippen LogP contribution in [-0.2, 0) is 4.74 Å². The van der Waals surface area contributed by atoms with E-state index in [-0.39, 0.29) is 18.6 Å². The number of carbonyl (C=O) groups is 1. The Morgan fingerprint density at radius 2 is 2.10 bits per heavy atom. The molecule has 0 fully saturated rings. The number of esters is 1. The highest BCUT2D eigenvalue weighted by molar-refractivity contribution is 7.13. The molecule has 1 aromatic carbocycles. The Labute approximate surface area is 176 Å². The van der Waals surface area contributed by atoms with Crippen molar-refractivity contribution < 1.29 is 14.6 Å². The van der Waals surface area contributed by atoms with Gasteiger partial charge in [-0.25, -0.2) is 9.78 Å². The van der Waals surface area contributed by atoms with Gasteiger partial charge in [-0.3, -0.25) is 4.99 Å². The fourth-order valence-corrected chi connectivity index (χ4v) is 3.70. The largest absolute Gasteiger partial charge is 0.462 e. The van der Waals surface area contributed by atoms with Gasteiger partial charge in [-0.05, 0) is 40.2 Å². The fraction of sp³-hybridized carbons (Fsp3) is 0.476. The van der Waals surface area contributed by atoms with Gasteiger partial charge in [-0.1, -0.05) is 29.8 Å². The summed E-state index contributed by atoms with van der Waals surface area (Å²) in [5, 5.41) is 17.7. The van der Waals surface area contributed by atoms with Crippen LogP contribution in [0.5, 0.6) is 0 Å². The molecular formula is C21H30N4O3S. The number of carbonyl (C=O) groups excluding carboxylic acids is 1. The van der Waals surface area contributed by atoms with E-state index in [2.05, 4.69) is 20.6 Å². The summed E-state index contributed by atoms with van der Waals surface area (Å²) in [6.45, 7) is 10.8. The van der Waals surface area contributed by atoms with Crippen LogP contribution in [0.2, 0.25) is 0 Å². The molecule has 0 spiro atoms. The predicted octanol–water partition coefficient (Wildman–Crippen LogP) is 3.29. The van der Waals surface area contributed by atoms with Crippen molar-refractivity contribution in [3.8, 4) is 0 Å². The number of ether oxygens (including phenoxy) is 1. The average molecular weight is 419 g/mol. The summed E-state index contributed by atoms with van der Waals surface area (Å²) in [7, 11) is 0. The Balaban J connectivity index is 2.08. The molecule has 0 aliphatic heterocycles. The second-order valence-corrected chi connectivity index (χ2v) is 7.73. The van der Waals surface area contributed by atoms with Crippen LogP contribution >= 0.6 is 11.3 Å². The molecule has 158 valence electrons. The van der Waals surface area contributed by atoms with Crippen LogP contribution in [-0.4, -0.2) is 41.7 Å². The second-order valence-electron chi connectivity index (χ2n) is 6.70. The lowest BCUT2D eigenvalue weighted by Crippen LogP contribution is -2.39. The maximum Gasteiger partial charge on any atom is 0.350 e. The Bertz CT molecular complexity index is 850. The molecule has 0 aliphatic carbocycles. The van der Waals surface area contributed by atoms with E-state index in [0.29, 0.717) is 29.7 Å². The molecular weight excluding hydrogens is 388 g/mol. The third kappa shape index (κ3) is 6.54. The number of aliphatic imine (C=N–C) groups is 1. The van der Waals surface area contributed by atoms with E-state index in [0.717, 1.165) is 16.1 Å². The van der Waals surface area contributed by atoms with Crippen molar-refractivity contribution in [1.29, 1.82) is 0 Å². The number of thiazole rings is 1. The maximum absolute atomic E-state index is 12.0. The summed E-state index contributed by atoms with van der Waals surface area (Å²) < 4.78 is 5.08. The quantitative estimate of drug-likeness (QED) is 0.346. The van der Waals surface area contributed by atoms with Crippen molar-refractivity contribution in [2.75, 3.05) is 19.7 Å². The first-order chi connectivity index (χ1) is 13.8. The molecule has 2 rings (SSSR count). The molecule has 2 atom stereocenters. The predicted molar refractivity (Wildman–Crippen MR) is 116 cm³/mol. The third-order valence-electron chi connectivity index (χ3n) is 4.19. The molecule has 3 N–H and O–H groups in total. The van der Waals surface area contributed by atoms with E-state index < -0.39 is 6.10 Å². The highest BCUT2D eigenvalue weighted by atomic mass is 32.1. The Morgan fingerprint density at radius 3 is 2.76 bits per heavy atom. The van der Waals surface area contributed by atoms with Gasteiger partial charge in [0.1, 0.15) is 9.88 Å². The number of aliphatic hydroxyl groups is 1. The normalized spacial score (nSPS) is 13.7. The van der Waals surface area contributed by atoms with E-state index in [9.17, 15) is 9.90 Å². The van der Waals surface area contributed by atoms with Crippen LogP contribution in [0.25, 0.3) is 0 Å². The molecule has 2 aromatic rings. The average Bonchev–Trinajstić information content (AvgIpc) is 3.08. The van der Waals surface area contributed by atoms with Gasteiger partial charge in [0.05, 0.1) is 31.0 Å². The molecule has 0 saturated carbocycles. The van der Waals surface area contributed by atoms with E-state index in [1.807, 2.05) is 45.0 Å². The van der Waals surface area contributed by atoms with E-state index >= 15 is 0 Å². The molecule has 0 radical (unpaired) electrons. The molecule has 0 saturated heterocycles. The first-order valence-corrected chi connectivity index (χ1v) is 10.6. The van der Waals surface area contributed by atoms with Gasteiger partial charge in [-0.15, -0.1) is 11.3 Å². The van der Waals surface area contributed by atoms with Gasteiger partial charge in [0.2, 0.25) is 0 Å². The molecule has 0 aliphatic rings. The van der Waals surface area contributed by atoms with Gasteiger partial charge in [0.25, 0.3) is 0 Å². The molecule has 8 heteroatoms. The van der Waals surface area contributed by atoms with Crippen molar-refractivity contribution in [3.05, 3.63) is 51.0 Å². The Kier molecular flexibility index (Phi) is 8.60. The highest BCUT2D eigenvalue weighted by Crippen LogP contribution is 2.24. The SMILES string of the molecule is CCNC(=NCC(O)c1cccc(C)c1)NC(C)c1nc(C)c(C(=O)OCC)s1. The van der Waals surface area contributed by atoms with Gasteiger partial charge < -0.3 is 20.5 Å². The number of hydrogen-bond donors (Lipinski definition) is 3.